The van der Waals surface area contributed by atoms with Crippen LogP contribution in [0.5, 0.6) is 0 Å². The Labute approximate surface area is 121 Å². The van der Waals surface area contributed by atoms with Crippen LogP contribution in [0.25, 0.3) is 0 Å². The number of thioether (sulfide) groups is 1. The molecule has 0 aromatic heterocycles. The Kier molecular flexibility index (Phi) is 7.80. The van der Waals surface area contributed by atoms with Crippen molar-refractivity contribution in [1.29, 1.82) is 0 Å². The van der Waals surface area contributed by atoms with Gasteiger partial charge in [0.05, 0.1) is 5.02 Å². The summed E-state index contributed by atoms with van der Waals surface area (Å²) in [4.78, 5) is 1.25. The maximum absolute atomic E-state index is 6.30. The van der Waals surface area contributed by atoms with Crippen molar-refractivity contribution >= 4 is 23.4 Å². The maximum Gasteiger partial charge on any atom is 0.0545 e. The minimum Gasteiger partial charge on any atom is -0.312 e. The standard InChI is InChI=1S/C15H24ClNS/c1-4-5-9-18-15-13(7-6-8-14(15)16)11-17-10-12(2)3/h6-8,12,17H,4-5,9-11H2,1-3H3. The highest BCUT2D eigenvalue weighted by atomic mass is 35.5. The van der Waals surface area contributed by atoms with Crippen LogP contribution in [-0.2, 0) is 6.54 Å². The second-order valence-electron chi connectivity index (χ2n) is 4.95. The molecule has 0 aliphatic heterocycles. The molecule has 0 unspecified atom stereocenters. The van der Waals surface area contributed by atoms with E-state index < -0.39 is 0 Å². The third-order valence-corrected chi connectivity index (χ3v) is 4.35. The van der Waals surface area contributed by atoms with Gasteiger partial charge < -0.3 is 5.32 Å². The van der Waals surface area contributed by atoms with Gasteiger partial charge in [-0.05, 0) is 36.3 Å². The van der Waals surface area contributed by atoms with Gasteiger partial charge in [-0.2, -0.15) is 0 Å². The second kappa shape index (κ2) is 8.84. The molecule has 1 nitrogen and oxygen atoms in total. The Hall–Kier alpha value is -0.180. The van der Waals surface area contributed by atoms with Gasteiger partial charge in [0, 0.05) is 11.4 Å². The molecule has 0 spiro atoms. The van der Waals surface area contributed by atoms with E-state index in [9.17, 15) is 0 Å². The lowest BCUT2D eigenvalue weighted by Gasteiger charge is -2.13. The lowest BCUT2D eigenvalue weighted by atomic mass is 10.2. The minimum absolute atomic E-state index is 0.681. The molecule has 1 N–H and O–H groups in total. The normalized spacial score (nSPS) is 11.2. The number of rotatable bonds is 8. The highest BCUT2D eigenvalue weighted by molar-refractivity contribution is 7.99. The summed E-state index contributed by atoms with van der Waals surface area (Å²) in [5.41, 5.74) is 1.32. The third kappa shape index (κ3) is 5.64. The smallest absolute Gasteiger partial charge is 0.0545 e. The van der Waals surface area contributed by atoms with Gasteiger partial charge in [-0.3, -0.25) is 0 Å². The van der Waals surface area contributed by atoms with Gasteiger partial charge in [-0.25, -0.2) is 0 Å². The van der Waals surface area contributed by atoms with Crippen LogP contribution in [-0.4, -0.2) is 12.3 Å². The average Bonchev–Trinajstić information content (AvgIpc) is 2.32. The summed E-state index contributed by atoms with van der Waals surface area (Å²) >= 11 is 8.19. The van der Waals surface area contributed by atoms with E-state index >= 15 is 0 Å². The molecule has 102 valence electrons. The summed E-state index contributed by atoms with van der Waals surface area (Å²) in [5, 5.41) is 4.38. The Morgan fingerprint density at radius 3 is 2.78 bits per heavy atom. The fraction of sp³-hybridized carbons (Fsp3) is 0.600. The van der Waals surface area contributed by atoms with Gasteiger partial charge in [-0.15, -0.1) is 11.8 Å². The van der Waals surface area contributed by atoms with E-state index in [0.717, 1.165) is 23.9 Å². The van der Waals surface area contributed by atoms with E-state index in [1.54, 1.807) is 0 Å². The van der Waals surface area contributed by atoms with Crippen LogP contribution in [0.3, 0.4) is 0 Å². The number of nitrogens with one attached hydrogen (secondary N) is 1. The molecule has 0 bridgehead atoms. The summed E-state index contributed by atoms with van der Waals surface area (Å²) in [6.45, 7) is 8.63. The fourth-order valence-corrected chi connectivity index (χ4v) is 3.19. The quantitative estimate of drug-likeness (QED) is 0.534. The highest BCUT2D eigenvalue weighted by Crippen LogP contribution is 2.31. The van der Waals surface area contributed by atoms with Crippen LogP contribution in [0.2, 0.25) is 5.02 Å². The molecule has 0 amide bonds. The molecular formula is C15H24ClNS. The first-order chi connectivity index (χ1) is 8.65. The van der Waals surface area contributed by atoms with E-state index in [4.69, 9.17) is 11.6 Å². The molecule has 0 fully saturated rings. The molecular weight excluding hydrogens is 262 g/mol. The molecule has 0 aliphatic carbocycles. The van der Waals surface area contributed by atoms with Gasteiger partial charge in [0.25, 0.3) is 0 Å². The topological polar surface area (TPSA) is 12.0 Å². The molecule has 0 radical (unpaired) electrons. The van der Waals surface area contributed by atoms with Gasteiger partial charge >= 0.3 is 0 Å². The van der Waals surface area contributed by atoms with Crippen molar-refractivity contribution in [1.82, 2.24) is 5.32 Å². The van der Waals surface area contributed by atoms with Crippen molar-refractivity contribution < 1.29 is 0 Å². The summed E-state index contributed by atoms with van der Waals surface area (Å²) in [5.74, 6) is 1.83. The Balaban J connectivity index is 2.61. The molecule has 0 saturated carbocycles. The molecule has 0 aliphatic rings. The average molecular weight is 286 g/mol. The predicted molar refractivity (Wildman–Crippen MR) is 83.6 cm³/mol. The first-order valence-electron chi connectivity index (χ1n) is 6.76. The van der Waals surface area contributed by atoms with Crippen LogP contribution in [0.4, 0.5) is 0 Å². The Morgan fingerprint density at radius 2 is 2.11 bits per heavy atom. The number of halogens is 1. The van der Waals surface area contributed by atoms with Crippen LogP contribution in [0.15, 0.2) is 23.1 Å². The lowest BCUT2D eigenvalue weighted by Crippen LogP contribution is -2.19. The maximum atomic E-state index is 6.30. The molecule has 0 saturated heterocycles. The zero-order valence-electron chi connectivity index (χ0n) is 11.6. The van der Waals surface area contributed by atoms with Crippen molar-refractivity contribution in [2.45, 2.75) is 45.1 Å². The molecule has 18 heavy (non-hydrogen) atoms. The number of hydrogen-bond acceptors (Lipinski definition) is 2. The summed E-state index contributed by atoms with van der Waals surface area (Å²) < 4.78 is 0. The number of hydrogen-bond donors (Lipinski definition) is 1. The minimum atomic E-state index is 0.681. The van der Waals surface area contributed by atoms with Crippen LogP contribution in [0, 0.1) is 5.92 Å². The summed E-state index contributed by atoms with van der Waals surface area (Å²) in [6, 6.07) is 6.20. The molecule has 1 aromatic carbocycles. The molecule has 3 heteroatoms. The van der Waals surface area contributed by atoms with Gasteiger partial charge in [-0.1, -0.05) is 50.9 Å². The van der Waals surface area contributed by atoms with Crippen molar-refractivity contribution in [3.8, 4) is 0 Å². The van der Waals surface area contributed by atoms with Crippen molar-refractivity contribution in [3.05, 3.63) is 28.8 Å². The van der Waals surface area contributed by atoms with Gasteiger partial charge in [0.15, 0.2) is 0 Å². The third-order valence-electron chi connectivity index (χ3n) is 2.66. The Bertz CT molecular complexity index is 352. The van der Waals surface area contributed by atoms with Crippen molar-refractivity contribution in [2.75, 3.05) is 12.3 Å². The van der Waals surface area contributed by atoms with Gasteiger partial charge in [0.1, 0.15) is 0 Å². The summed E-state index contributed by atoms with van der Waals surface area (Å²) in [6.07, 6.45) is 2.48. The van der Waals surface area contributed by atoms with Crippen LogP contribution in [0.1, 0.15) is 39.2 Å². The number of benzene rings is 1. The van der Waals surface area contributed by atoms with Crippen molar-refractivity contribution in [2.24, 2.45) is 5.92 Å². The highest BCUT2D eigenvalue weighted by Gasteiger charge is 2.07. The molecule has 0 atom stereocenters. The first-order valence-corrected chi connectivity index (χ1v) is 8.12. The van der Waals surface area contributed by atoms with Gasteiger partial charge in [0.2, 0.25) is 0 Å². The predicted octanol–water partition coefficient (Wildman–Crippen LogP) is 4.98. The largest absolute Gasteiger partial charge is 0.312 e. The first kappa shape index (κ1) is 15.9. The molecule has 1 aromatic rings. The van der Waals surface area contributed by atoms with E-state index in [0.29, 0.717) is 5.92 Å². The van der Waals surface area contributed by atoms with E-state index in [-0.39, 0.29) is 0 Å². The van der Waals surface area contributed by atoms with Crippen LogP contribution >= 0.6 is 23.4 Å². The van der Waals surface area contributed by atoms with Crippen molar-refractivity contribution in [3.63, 3.8) is 0 Å². The summed E-state index contributed by atoms with van der Waals surface area (Å²) in [7, 11) is 0. The fourth-order valence-electron chi connectivity index (χ4n) is 1.67. The van der Waals surface area contributed by atoms with E-state index in [2.05, 4.69) is 32.2 Å². The zero-order valence-corrected chi connectivity index (χ0v) is 13.2. The SMILES string of the molecule is CCCCSc1c(Cl)cccc1CNCC(C)C. The van der Waals surface area contributed by atoms with E-state index in [1.165, 1.54) is 23.3 Å². The second-order valence-corrected chi connectivity index (χ2v) is 6.47. The number of unbranched alkanes of at least 4 members (excludes halogenated alkanes) is 1. The van der Waals surface area contributed by atoms with E-state index in [1.807, 2.05) is 23.9 Å². The molecule has 0 heterocycles. The molecule has 1 rings (SSSR count). The lowest BCUT2D eigenvalue weighted by molar-refractivity contribution is 0.550. The van der Waals surface area contributed by atoms with Crippen LogP contribution < -0.4 is 5.32 Å². The Morgan fingerprint density at radius 1 is 1.33 bits per heavy atom. The zero-order chi connectivity index (χ0) is 13.4. The monoisotopic (exact) mass is 285 g/mol.